The molecule has 1 fully saturated rings. The number of aliphatic carboxylic acids is 2. The van der Waals surface area contributed by atoms with Crippen molar-refractivity contribution < 1.29 is 24.9 Å². The van der Waals surface area contributed by atoms with Crippen LogP contribution in [0.4, 0.5) is 5.82 Å². The van der Waals surface area contributed by atoms with Gasteiger partial charge >= 0.3 is 11.9 Å². The van der Waals surface area contributed by atoms with E-state index in [0.29, 0.717) is 0 Å². The summed E-state index contributed by atoms with van der Waals surface area (Å²) in [4.78, 5) is 28.3. The van der Waals surface area contributed by atoms with Gasteiger partial charge in [-0.1, -0.05) is 69.3 Å². The Labute approximate surface area is 211 Å². The Morgan fingerprint density at radius 1 is 0.944 bits per heavy atom. The molecule has 0 saturated carbocycles. The van der Waals surface area contributed by atoms with Crippen molar-refractivity contribution in [1.29, 1.82) is 0 Å². The molecule has 1 aliphatic rings. The van der Waals surface area contributed by atoms with Crippen LogP contribution in [0.1, 0.15) is 26.3 Å². The fourth-order valence-electron chi connectivity index (χ4n) is 4.25. The molecule has 3 N–H and O–H groups in total. The number of nitrogens with zero attached hydrogens (tertiary/aromatic N) is 3. The smallest absolute Gasteiger partial charge is 0.414 e. The topological polar surface area (TPSA) is 114 Å². The zero-order valence-corrected chi connectivity index (χ0v) is 21.1. The summed E-state index contributed by atoms with van der Waals surface area (Å²) in [6.45, 7) is 11.9. The number of carboxylic acids is 2. The molecule has 1 aromatic heterocycles. The number of aromatic nitrogens is 1. The second-order valence-corrected chi connectivity index (χ2v) is 9.78. The highest BCUT2D eigenvalue weighted by molar-refractivity contribution is 6.27. The molecule has 2 aromatic carbocycles. The standard InChI is InChI=1S/C26H33N3O.C2H2O4/c1-4-28-13-15-29(16-14-28)25-23-8-6-5-7-22(23)17-24(27-25)21-11-9-20(10-12-21)18-26(2,3)19-30;3-1(4)2(5)6/h5-12,17,30H,4,13-16,18-19H2,1-3H3;(H,3,4)(H,5,6). The quantitative estimate of drug-likeness (QED) is 0.445. The summed E-state index contributed by atoms with van der Waals surface area (Å²) >= 11 is 0. The lowest BCUT2D eigenvalue weighted by Gasteiger charge is -2.35. The van der Waals surface area contributed by atoms with Crippen LogP contribution in [-0.4, -0.2) is 76.5 Å². The number of fused-ring (bicyclic) bond motifs is 1. The minimum atomic E-state index is -1.82. The molecule has 2 heterocycles. The third-order valence-electron chi connectivity index (χ3n) is 6.38. The number of rotatable bonds is 6. The third kappa shape index (κ3) is 7.02. The maximum Gasteiger partial charge on any atom is 0.414 e. The summed E-state index contributed by atoms with van der Waals surface area (Å²) in [6, 6.07) is 19.5. The van der Waals surface area contributed by atoms with E-state index in [1.165, 1.54) is 16.3 Å². The van der Waals surface area contributed by atoms with Gasteiger partial charge in [0, 0.05) is 43.7 Å². The molecule has 36 heavy (non-hydrogen) atoms. The summed E-state index contributed by atoms with van der Waals surface area (Å²) < 4.78 is 0. The number of hydrogen-bond acceptors (Lipinski definition) is 6. The number of likely N-dealkylation sites (N-methyl/N-ethyl adjacent to an activating group) is 1. The number of pyridine rings is 1. The first-order valence-electron chi connectivity index (χ1n) is 12.2. The summed E-state index contributed by atoms with van der Waals surface area (Å²) in [5.41, 5.74) is 3.31. The first kappa shape index (κ1) is 27.1. The maximum atomic E-state index is 9.56. The summed E-state index contributed by atoms with van der Waals surface area (Å²) in [6.07, 6.45) is 0.863. The van der Waals surface area contributed by atoms with E-state index < -0.39 is 11.9 Å². The highest BCUT2D eigenvalue weighted by Gasteiger charge is 2.20. The highest BCUT2D eigenvalue weighted by Crippen LogP contribution is 2.31. The number of carbonyl (C=O) groups is 2. The predicted octanol–water partition coefficient (Wildman–Crippen LogP) is 3.76. The van der Waals surface area contributed by atoms with Crippen LogP contribution in [0.25, 0.3) is 22.0 Å². The van der Waals surface area contributed by atoms with Crippen molar-refractivity contribution in [3.63, 3.8) is 0 Å². The molecule has 0 spiro atoms. The van der Waals surface area contributed by atoms with E-state index in [-0.39, 0.29) is 12.0 Å². The summed E-state index contributed by atoms with van der Waals surface area (Å²) in [5, 5.41) is 26.8. The molecule has 1 aliphatic heterocycles. The van der Waals surface area contributed by atoms with Crippen LogP contribution in [0, 0.1) is 5.41 Å². The zero-order chi connectivity index (χ0) is 26.3. The minimum Gasteiger partial charge on any atom is -0.473 e. The van der Waals surface area contributed by atoms with Crippen molar-refractivity contribution >= 4 is 28.5 Å². The SMILES string of the molecule is CCN1CCN(c2nc(-c3ccc(CC(C)(C)CO)cc3)cc3ccccc23)CC1.O=C(O)C(=O)O. The summed E-state index contributed by atoms with van der Waals surface area (Å²) in [7, 11) is 0. The van der Waals surface area contributed by atoms with Gasteiger partial charge in [-0.3, -0.25) is 0 Å². The molecule has 3 aromatic rings. The Hall–Kier alpha value is -3.49. The second-order valence-electron chi connectivity index (χ2n) is 9.78. The van der Waals surface area contributed by atoms with Crippen LogP contribution >= 0.6 is 0 Å². The van der Waals surface area contributed by atoms with Gasteiger partial charge in [0.1, 0.15) is 5.82 Å². The number of aliphatic hydroxyl groups excluding tert-OH is 1. The molecule has 1 saturated heterocycles. The Morgan fingerprint density at radius 2 is 1.56 bits per heavy atom. The lowest BCUT2D eigenvalue weighted by molar-refractivity contribution is -0.159. The van der Waals surface area contributed by atoms with Gasteiger partial charge < -0.3 is 25.1 Å². The number of aliphatic hydroxyl groups is 1. The molecular weight excluding hydrogens is 458 g/mol. The van der Waals surface area contributed by atoms with Crippen LogP contribution in [0.15, 0.2) is 54.6 Å². The van der Waals surface area contributed by atoms with E-state index in [9.17, 15) is 5.11 Å². The molecule has 192 valence electrons. The molecule has 8 nitrogen and oxygen atoms in total. The molecule has 8 heteroatoms. The molecule has 0 radical (unpaired) electrons. The fraction of sp³-hybridized carbons (Fsp3) is 0.393. The molecule has 0 atom stereocenters. The first-order valence-corrected chi connectivity index (χ1v) is 12.2. The van der Waals surface area contributed by atoms with E-state index in [0.717, 1.165) is 56.2 Å². The summed E-state index contributed by atoms with van der Waals surface area (Å²) in [5.74, 6) is -2.55. The van der Waals surface area contributed by atoms with Gasteiger partial charge in [-0.2, -0.15) is 0 Å². The molecule has 0 aliphatic carbocycles. The normalized spacial score (nSPS) is 14.3. The lowest BCUT2D eigenvalue weighted by atomic mass is 9.86. The van der Waals surface area contributed by atoms with Crippen LogP contribution < -0.4 is 4.90 Å². The van der Waals surface area contributed by atoms with Gasteiger partial charge in [0.2, 0.25) is 0 Å². The molecule has 0 bridgehead atoms. The highest BCUT2D eigenvalue weighted by atomic mass is 16.4. The monoisotopic (exact) mass is 493 g/mol. The maximum absolute atomic E-state index is 9.56. The van der Waals surface area contributed by atoms with E-state index in [1.54, 1.807) is 0 Å². The fourth-order valence-corrected chi connectivity index (χ4v) is 4.25. The van der Waals surface area contributed by atoms with Gasteiger partial charge in [0.15, 0.2) is 0 Å². The Bertz CT molecular complexity index is 1170. The average molecular weight is 494 g/mol. The van der Waals surface area contributed by atoms with Gasteiger partial charge in [-0.05, 0) is 35.4 Å². The van der Waals surface area contributed by atoms with Gasteiger partial charge in [-0.15, -0.1) is 0 Å². The van der Waals surface area contributed by atoms with Gasteiger partial charge in [0.25, 0.3) is 0 Å². The molecule has 0 amide bonds. The predicted molar refractivity (Wildman–Crippen MR) is 141 cm³/mol. The van der Waals surface area contributed by atoms with E-state index in [4.69, 9.17) is 24.8 Å². The number of piperazine rings is 1. The van der Waals surface area contributed by atoms with Crippen molar-refractivity contribution in [2.45, 2.75) is 27.2 Å². The first-order chi connectivity index (χ1) is 17.1. The Kier molecular flexibility index (Phi) is 9.01. The van der Waals surface area contributed by atoms with Crippen molar-refractivity contribution in [1.82, 2.24) is 9.88 Å². The van der Waals surface area contributed by atoms with E-state index in [2.05, 4.69) is 85.2 Å². The Morgan fingerprint density at radius 3 is 2.11 bits per heavy atom. The second kappa shape index (κ2) is 12.0. The van der Waals surface area contributed by atoms with Gasteiger partial charge in [-0.25, -0.2) is 14.6 Å². The van der Waals surface area contributed by atoms with Crippen LogP contribution in [0.2, 0.25) is 0 Å². The lowest BCUT2D eigenvalue weighted by Crippen LogP contribution is -2.46. The van der Waals surface area contributed by atoms with E-state index in [1.807, 2.05) is 0 Å². The number of carboxylic acid groups (broad SMARTS) is 2. The molecular formula is C28H35N3O5. The Balaban J connectivity index is 0.000000538. The molecule has 4 rings (SSSR count). The van der Waals surface area contributed by atoms with Crippen molar-refractivity contribution in [3.05, 3.63) is 60.2 Å². The number of anilines is 1. The average Bonchev–Trinajstić information content (AvgIpc) is 2.88. The minimum absolute atomic E-state index is 0.101. The zero-order valence-electron chi connectivity index (χ0n) is 21.1. The van der Waals surface area contributed by atoms with Crippen molar-refractivity contribution in [3.8, 4) is 11.3 Å². The molecule has 0 unspecified atom stereocenters. The van der Waals surface area contributed by atoms with E-state index >= 15 is 0 Å². The van der Waals surface area contributed by atoms with Crippen LogP contribution in [0.5, 0.6) is 0 Å². The van der Waals surface area contributed by atoms with Gasteiger partial charge in [0.05, 0.1) is 5.69 Å². The third-order valence-corrected chi connectivity index (χ3v) is 6.38. The largest absolute Gasteiger partial charge is 0.473 e. The van der Waals surface area contributed by atoms with Crippen LogP contribution in [0.3, 0.4) is 0 Å². The van der Waals surface area contributed by atoms with Crippen LogP contribution in [-0.2, 0) is 16.0 Å². The van der Waals surface area contributed by atoms with Crippen molar-refractivity contribution in [2.24, 2.45) is 5.41 Å². The van der Waals surface area contributed by atoms with Crippen molar-refractivity contribution in [2.75, 3.05) is 44.2 Å². The number of benzene rings is 2. The number of hydrogen-bond donors (Lipinski definition) is 3.